The highest BCUT2D eigenvalue weighted by molar-refractivity contribution is 5.16. The van der Waals surface area contributed by atoms with Gasteiger partial charge in [0.2, 0.25) is 0 Å². The minimum absolute atomic E-state index is 0.0137. The Balaban J connectivity index is 2.09. The van der Waals surface area contributed by atoms with E-state index in [0.29, 0.717) is 12.8 Å². The summed E-state index contributed by atoms with van der Waals surface area (Å²) in [6, 6.07) is 0. The maximum atomic E-state index is 12.9. The Kier molecular flexibility index (Phi) is 2.00. The second-order valence-electron chi connectivity index (χ2n) is 5.23. The summed E-state index contributed by atoms with van der Waals surface area (Å²) in [7, 11) is 0. The van der Waals surface area contributed by atoms with E-state index < -0.39 is 35.9 Å². The first-order chi connectivity index (χ1) is 7.67. The van der Waals surface area contributed by atoms with Crippen molar-refractivity contribution in [2.75, 3.05) is 0 Å². The topological polar surface area (TPSA) is 9.23 Å². The minimum Gasteiger partial charge on any atom is -0.354 e. The molecule has 3 aliphatic rings. The highest BCUT2D eigenvalue weighted by Gasteiger charge is 2.82. The molecule has 0 N–H and O–H groups in total. The fraction of sp³-hybridized carbons (Fsp3) is 1.00. The van der Waals surface area contributed by atoms with Crippen LogP contribution in [0.4, 0.5) is 26.3 Å². The van der Waals surface area contributed by atoms with Crippen molar-refractivity contribution >= 4 is 0 Å². The van der Waals surface area contributed by atoms with E-state index in [4.69, 9.17) is 0 Å². The van der Waals surface area contributed by atoms with Gasteiger partial charge in [-0.1, -0.05) is 0 Å². The third kappa shape index (κ3) is 1.21. The van der Waals surface area contributed by atoms with E-state index in [2.05, 4.69) is 4.74 Å². The van der Waals surface area contributed by atoms with Crippen molar-refractivity contribution in [2.45, 2.75) is 43.3 Å². The number of hydrogen-bond acceptors (Lipinski definition) is 1. The molecule has 0 radical (unpaired) electrons. The lowest BCUT2D eigenvalue weighted by Crippen LogP contribution is -2.60. The van der Waals surface area contributed by atoms with Gasteiger partial charge in [0.05, 0.1) is 6.10 Å². The van der Waals surface area contributed by atoms with Crippen LogP contribution in [0.25, 0.3) is 0 Å². The average Bonchev–Trinajstić information content (AvgIpc) is 2.66. The summed E-state index contributed by atoms with van der Waals surface area (Å²) in [5.74, 6) is -2.03. The van der Waals surface area contributed by atoms with Gasteiger partial charge in [0.1, 0.15) is 0 Å². The molecule has 1 nitrogen and oxygen atoms in total. The van der Waals surface area contributed by atoms with Crippen molar-refractivity contribution in [2.24, 2.45) is 17.8 Å². The maximum absolute atomic E-state index is 12.9. The van der Waals surface area contributed by atoms with E-state index in [9.17, 15) is 26.3 Å². The fourth-order valence-electron chi connectivity index (χ4n) is 3.93. The zero-order valence-corrected chi connectivity index (χ0v) is 8.61. The lowest BCUT2D eigenvalue weighted by Gasteiger charge is -2.37. The summed E-state index contributed by atoms with van der Waals surface area (Å²) >= 11 is 0. The van der Waals surface area contributed by atoms with E-state index in [0.717, 1.165) is 0 Å². The van der Waals surface area contributed by atoms with Gasteiger partial charge in [0, 0.05) is 5.92 Å². The highest BCUT2D eigenvalue weighted by atomic mass is 19.4. The third-order valence-corrected chi connectivity index (χ3v) is 4.45. The van der Waals surface area contributed by atoms with E-state index >= 15 is 0 Å². The zero-order valence-electron chi connectivity index (χ0n) is 8.61. The van der Waals surface area contributed by atoms with Crippen molar-refractivity contribution in [3.8, 4) is 0 Å². The van der Waals surface area contributed by atoms with Crippen LogP contribution >= 0.6 is 0 Å². The van der Waals surface area contributed by atoms with Crippen LogP contribution in [0.5, 0.6) is 0 Å². The van der Waals surface area contributed by atoms with Crippen LogP contribution in [-0.2, 0) is 4.74 Å². The summed E-state index contributed by atoms with van der Waals surface area (Å²) in [5.41, 5.74) is -3.92. The molecule has 0 spiro atoms. The van der Waals surface area contributed by atoms with Crippen molar-refractivity contribution in [1.82, 2.24) is 0 Å². The van der Waals surface area contributed by atoms with Gasteiger partial charge in [0.25, 0.3) is 5.60 Å². The summed E-state index contributed by atoms with van der Waals surface area (Å²) in [6.45, 7) is 0. The predicted octanol–water partition coefficient (Wildman–Crippen LogP) is 3.29. The minimum atomic E-state index is -5.39. The Morgan fingerprint density at radius 2 is 1.47 bits per heavy atom. The molecule has 4 atom stereocenters. The lowest BCUT2D eigenvalue weighted by molar-refractivity contribution is -0.383. The smallest absolute Gasteiger partial charge is 0.354 e. The third-order valence-electron chi connectivity index (χ3n) is 4.45. The molecule has 0 aromatic rings. The van der Waals surface area contributed by atoms with Gasteiger partial charge in [0.15, 0.2) is 0 Å². The SMILES string of the molecule is FC(F)(F)C1(C(F)(F)F)OC2C[C@@H]3CC1[C@H]2C3. The fourth-order valence-corrected chi connectivity index (χ4v) is 3.93. The molecule has 2 aliphatic carbocycles. The number of fused-ring (bicyclic) bond motifs is 1. The number of rotatable bonds is 0. The van der Waals surface area contributed by atoms with Crippen molar-refractivity contribution in [1.29, 1.82) is 0 Å². The van der Waals surface area contributed by atoms with Crippen LogP contribution in [0.15, 0.2) is 0 Å². The van der Waals surface area contributed by atoms with Gasteiger partial charge in [-0.15, -0.1) is 0 Å². The van der Waals surface area contributed by atoms with Crippen LogP contribution < -0.4 is 0 Å². The van der Waals surface area contributed by atoms with Crippen molar-refractivity contribution in [3.05, 3.63) is 0 Å². The van der Waals surface area contributed by atoms with E-state index in [-0.39, 0.29) is 12.3 Å². The molecule has 7 heteroatoms. The number of halogens is 6. The van der Waals surface area contributed by atoms with Crippen LogP contribution in [0.3, 0.4) is 0 Å². The van der Waals surface area contributed by atoms with Gasteiger partial charge < -0.3 is 4.74 Å². The standard InChI is InChI=1S/C10H10F6O/c11-9(12,13)8(10(14,15)16)6-2-4-1-5(6)7(3-4)17-8/h4-7H,1-3H2/t4-,5+,6?,7?/m0/s1. The molecule has 1 saturated heterocycles. The first-order valence-corrected chi connectivity index (χ1v) is 5.48. The Morgan fingerprint density at radius 1 is 0.882 bits per heavy atom. The first kappa shape index (κ1) is 11.6. The first-order valence-electron chi connectivity index (χ1n) is 5.48. The summed E-state index contributed by atoms with van der Waals surface area (Å²) in [4.78, 5) is 0. The van der Waals surface area contributed by atoms with Crippen LogP contribution in [0, 0.1) is 17.8 Å². The molecule has 0 aromatic heterocycles. The molecule has 2 unspecified atom stereocenters. The summed E-state index contributed by atoms with van der Waals surface area (Å²) in [5, 5.41) is 0. The maximum Gasteiger partial charge on any atom is 0.426 e. The summed E-state index contributed by atoms with van der Waals surface area (Å²) in [6.07, 6.45) is -10.9. The number of alkyl halides is 6. The molecule has 98 valence electrons. The second-order valence-corrected chi connectivity index (χ2v) is 5.23. The monoisotopic (exact) mass is 260 g/mol. The molecule has 17 heavy (non-hydrogen) atoms. The molecule has 1 heterocycles. The van der Waals surface area contributed by atoms with Crippen LogP contribution in [0.2, 0.25) is 0 Å². The Bertz CT molecular complexity index is 330. The Labute approximate surface area is 93.1 Å². The zero-order chi connectivity index (χ0) is 12.6. The van der Waals surface area contributed by atoms with E-state index in [1.54, 1.807) is 0 Å². The van der Waals surface area contributed by atoms with Crippen LogP contribution in [0.1, 0.15) is 19.3 Å². The van der Waals surface area contributed by atoms with Gasteiger partial charge >= 0.3 is 12.4 Å². The van der Waals surface area contributed by atoms with Crippen molar-refractivity contribution in [3.63, 3.8) is 0 Å². The van der Waals surface area contributed by atoms with Gasteiger partial charge in [-0.05, 0) is 31.1 Å². The van der Waals surface area contributed by atoms with E-state index in [1.807, 2.05) is 0 Å². The molecule has 3 fully saturated rings. The molecule has 3 rings (SSSR count). The van der Waals surface area contributed by atoms with Crippen molar-refractivity contribution < 1.29 is 31.1 Å². The molecule has 2 bridgehead atoms. The van der Waals surface area contributed by atoms with Gasteiger partial charge in [-0.25, -0.2) is 0 Å². The Morgan fingerprint density at radius 3 is 1.88 bits per heavy atom. The molecule has 0 aromatic carbocycles. The highest BCUT2D eigenvalue weighted by Crippen LogP contribution is 2.67. The predicted molar refractivity (Wildman–Crippen MR) is 44.0 cm³/mol. The normalized spacial score (nSPS) is 43.4. The molecular weight excluding hydrogens is 250 g/mol. The average molecular weight is 260 g/mol. The summed E-state index contributed by atoms with van der Waals surface area (Å²) < 4.78 is 81.9. The molecule has 0 amide bonds. The largest absolute Gasteiger partial charge is 0.426 e. The number of hydrogen-bond donors (Lipinski definition) is 0. The lowest BCUT2D eigenvalue weighted by atomic mass is 9.78. The quantitative estimate of drug-likeness (QED) is 0.607. The van der Waals surface area contributed by atoms with Gasteiger partial charge in [-0.3, -0.25) is 0 Å². The molecule has 1 aliphatic heterocycles. The second kappa shape index (κ2) is 2.92. The molecular formula is C10H10F6O. The van der Waals surface area contributed by atoms with E-state index in [1.165, 1.54) is 0 Å². The molecule has 2 saturated carbocycles. The Hall–Kier alpha value is -0.460. The van der Waals surface area contributed by atoms with Crippen LogP contribution in [-0.4, -0.2) is 24.1 Å². The van der Waals surface area contributed by atoms with Gasteiger partial charge in [-0.2, -0.15) is 26.3 Å². The number of ether oxygens (including phenoxy) is 1.